The van der Waals surface area contributed by atoms with Crippen LogP contribution >= 0.6 is 11.6 Å². The van der Waals surface area contributed by atoms with Gasteiger partial charge in [0.1, 0.15) is 0 Å². The Labute approximate surface area is 216 Å². The Bertz CT molecular complexity index is 1300. The van der Waals surface area contributed by atoms with Crippen molar-refractivity contribution in [2.45, 2.75) is 70.0 Å². The fourth-order valence-electron chi connectivity index (χ4n) is 6.68. The van der Waals surface area contributed by atoms with E-state index >= 15 is 0 Å². The lowest BCUT2D eigenvalue weighted by Crippen LogP contribution is -2.51. The van der Waals surface area contributed by atoms with E-state index in [1.165, 1.54) is 11.3 Å². The highest BCUT2D eigenvalue weighted by atomic mass is 35.5. The molecule has 2 fully saturated rings. The first-order chi connectivity index (χ1) is 17.4. The zero-order valence-corrected chi connectivity index (χ0v) is 21.5. The Morgan fingerprint density at radius 2 is 1.97 bits per heavy atom. The molecule has 3 unspecified atom stereocenters. The predicted molar refractivity (Wildman–Crippen MR) is 142 cm³/mol. The van der Waals surface area contributed by atoms with Crippen LogP contribution in [0.25, 0.3) is 11.3 Å². The number of halogens is 1. The van der Waals surface area contributed by atoms with Crippen molar-refractivity contribution >= 4 is 29.0 Å². The molecule has 3 heterocycles. The average Bonchev–Trinajstić information content (AvgIpc) is 3.64. The number of benzene rings is 2. The van der Waals surface area contributed by atoms with Gasteiger partial charge in [0.25, 0.3) is 0 Å². The number of likely N-dealkylation sites (tertiary alicyclic amines) is 1. The molecule has 6 rings (SSSR count). The number of amides is 1. The molecule has 6 nitrogen and oxygen atoms in total. The number of fused-ring (bicyclic) bond motifs is 3. The SMILES string of the molecule is CC(C)N1c2c(-c3ccn[nH]3)cc(C(=O)Cc3ccc(Cl)cc3)cc2C2CCC(N3CCCC3=O)C21. The Morgan fingerprint density at radius 3 is 2.64 bits per heavy atom. The van der Waals surface area contributed by atoms with Crippen LogP contribution in [0.3, 0.4) is 0 Å². The van der Waals surface area contributed by atoms with E-state index in [0.29, 0.717) is 23.8 Å². The number of Topliss-reactive ketones (excluding diaryl/α,β-unsaturated/α-hetero) is 1. The molecule has 186 valence electrons. The van der Waals surface area contributed by atoms with Gasteiger partial charge in [-0.25, -0.2) is 0 Å². The molecule has 1 aromatic heterocycles. The summed E-state index contributed by atoms with van der Waals surface area (Å²) in [4.78, 5) is 30.9. The van der Waals surface area contributed by atoms with E-state index in [1.807, 2.05) is 36.4 Å². The molecule has 1 N–H and O–H groups in total. The van der Waals surface area contributed by atoms with Crippen molar-refractivity contribution in [3.05, 3.63) is 70.4 Å². The first-order valence-corrected chi connectivity index (χ1v) is 13.3. The Balaban J connectivity index is 1.44. The number of hydrogen-bond acceptors (Lipinski definition) is 4. The highest BCUT2D eigenvalue weighted by Crippen LogP contribution is 2.55. The lowest BCUT2D eigenvalue weighted by molar-refractivity contribution is -0.129. The largest absolute Gasteiger partial charge is 0.363 e. The molecule has 3 aliphatic rings. The van der Waals surface area contributed by atoms with Gasteiger partial charge in [0.15, 0.2) is 5.78 Å². The highest BCUT2D eigenvalue weighted by molar-refractivity contribution is 6.30. The zero-order chi connectivity index (χ0) is 25.0. The second-order valence-electron chi connectivity index (χ2n) is 10.6. The van der Waals surface area contributed by atoms with Crippen LogP contribution < -0.4 is 4.90 Å². The molecule has 7 heteroatoms. The molecule has 1 aliphatic carbocycles. The predicted octanol–water partition coefficient (Wildman–Crippen LogP) is 5.62. The third kappa shape index (κ3) is 3.83. The van der Waals surface area contributed by atoms with Crippen molar-refractivity contribution < 1.29 is 9.59 Å². The molecule has 1 saturated heterocycles. The number of carbonyl (C=O) groups is 2. The minimum Gasteiger partial charge on any atom is -0.363 e. The first kappa shape index (κ1) is 23.3. The summed E-state index contributed by atoms with van der Waals surface area (Å²) < 4.78 is 0. The molecule has 2 aromatic carbocycles. The summed E-state index contributed by atoms with van der Waals surface area (Å²) in [5, 5.41) is 8.01. The van der Waals surface area contributed by atoms with Crippen LogP contribution in [0.1, 0.15) is 66.9 Å². The van der Waals surface area contributed by atoms with Crippen molar-refractivity contribution in [1.29, 1.82) is 0 Å². The first-order valence-electron chi connectivity index (χ1n) is 13.0. The quantitative estimate of drug-likeness (QED) is 0.444. The number of nitrogens with zero attached hydrogens (tertiary/aromatic N) is 3. The van der Waals surface area contributed by atoms with Gasteiger partial charge in [0, 0.05) is 53.7 Å². The van der Waals surface area contributed by atoms with Crippen LogP contribution in [0.2, 0.25) is 5.02 Å². The lowest BCUT2D eigenvalue weighted by atomic mass is 9.90. The van der Waals surface area contributed by atoms with Gasteiger partial charge in [-0.2, -0.15) is 5.10 Å². The summed E-state index contributed by atoms with van der Waals surface area (Å²) >= 11 is 6.04. The van der Waals surface area contributed by atoms with E-state index in [0.717, 1.165) is 48.2 Å². The average molecular weight is 503 g/mol. The number of aromatic nitrogens is 2. The van der Waals surface area contributed by atoms with Gasteiger partial charge in [-0.05, 0) is 74.6 Å². The zero-order valence-electron chi connectivity index (χ0n) is 20.7. The molecule has 2 aliphatic heterocycles. The lowest BCUT2D eigenvalue weighted by Gasteiger charge is -2.39. The van der Waals surface area contributed by atoms with Gasteiger partial charge in [0.05, 0.1) is 23.5 Å². The van der Waals surface area contributed by atoms with E-state index in [9.17, 15) is 9.59 Å². The molecule has 1 amide bonds. The molecule has 0 radical (unpaired) electrons. The van der Waals surface area contributed by atoms with Crippen LogP contribution in [0.4, 0.5) is 5.69 Å². The summed E-state index contributed by atoms with van der Waals surface area (Å²) in [6.45, 7) is 5.31. The molecule has 3 aromatic rings. The van der Waals surface area contributed by atoms with Gasteiger partial charge >= 0.3 is 0 Å². The van der Waals surface area contributed by atoms with Gasteiger partial charge in [-0.1, -0.05) is 23.7 Å². The Kier molecular flexibility index (Phi) is 5.87. The number of ketones is 1. The van der Waals surface area contributed by atoms with Crippen LogP contribution in [0.5, 0.6) is 0 Å². The van der Waals surface area contributed by atoms with Crippen molar-refractivity contribution in [3.63, 3.8) is 0 Å². The van der Waals surface area contributed by atoms with Crippen LogP contribution in [0, 0.1) is 0 Å². The summed E-state index contributed by atoms with van der Waals surface area (Å²) in [5.74, 6) is 0.670. The number of rotatable bonds is 6. The van der Waals surface area contributed by atoms with E-state index in [-0.39, 0.29) is 29.8 Å². The maximum Gasteiger partial charge on any atom is 0.222 e. The molecule has 1 saturated carbocycles. The fourth-order valence-corrected chi connectivity index (χ4v) is 6.81. The van der Waals surface area contributed by atoms with Gasteiger partial charge in [-0.3, -0.25) is 14.7 Å². The molecular weight excluding hydrogens is 472 g/mol. The number of aromatic amines is 1. The van der Waals surface area contributed by atoms with Gasteiger partial charge in [0.2, 0.25) is 5.91 Å². The molecule has 36 heavy (non-hydrogen) atoms. The number of nitrogens with one attached hydrogen (secondary N) is 1. The minimum atomic E-state index is 0.0877. The molecule has 3 atom stereocenters. The van der Waals surface area contributed by atoms with Crippen molar-refractivity contribution in [2.75, 3.05) is 11.4 Å². The summed E-state index contributed by atoms with van der Waals surface area (Å²) in [7, 11) is 0. The number of hydrogen-bond donors (Lipinski definition) is 1. The van der Waals surface area contributed by atoms with Crippen LogP contribution in [-0.2, 0) is 11.2 Å². The molecular formula is C29H31ClN4O2. The van der Waals surface area contributed by atoms with E-state index < -0.39 is 0 Å². The third-order valence-electron chi connectivity index (χ3n) is 8.16. The highest BCUT2D eigenvalue weighted by Gasteiger charge is 2.52. The summed E-state index contributed by atoms with van der Waals surface area (Å²) in [5.41, 5.74) is 6.01. The number of carbonyl (C=O) groups excluding carboxylic acids is 2. The minimum absolute atomic E-state index is 0.0877. The number of H-pyrrole nitrogens is 1. The summed E-state index contributed by atoms with van der Waals surface area (Å²) in [6.07, 6.45) is 5.71. The van der Waals surface area contributed by atoms with Gasteiger partial charge in [-0.15, -0.1) is 0 Å². The second kappa shape index (κ2) is 9.07. The van der Waals surface area contributed by atoms with Gasteiger partial charge < -0.3 is 9.80 Å². The maximum atomic E-state index is 13.5. The summed E-state index contributed by atoms with van der Waals surface area (Å²) in [6, 6.07) is 14.3. The monoisotopic (exact) mass is 502 g/mol. The number of anilines is 1. The molecule has 0 bridgehead atoms. The van der Waals surface area contributed by atoms with Crippen molar-refractivity contribution in [1.82, 2.24) is 15.1 Å². The smallest absolute Gasteiger partial charge is 0.222 e. The Hall–Kier alpha value is -3.12. The van der Waals surface area contributed by atoms with Crippen LogP contribution in [0.15, 0.2) is 48.7 Å². The van der Waals surface area contributed by atoms with E-state index in [2.05, 4.69) is 39.9 Å². The van der Waals surface area contributed by atoms with E-state index in [4.69, 9.17) is 11.6 Å². The van der Waals surface area contributed by atoms with Crippen LogP contribution in [-0.4, -0.2) is 51.5 Å². The van der Waals surface area contributed by atoms with Crippen molar-refractivity contribution in [3.8, 4) is 11.3 Å². The van der Waals surface area contributed by atoms with Crippen molar-refractivity contribution in [2.24, 2.45) is 0 Å². The third-order valence-corrected chi connectivity index (χ3v) is 8.41. The Morgan fingerprint density at radius 1 is 1.17 bits per heavy atom. The second-order valence-corrected chi connectivity index (χ2v) is 11.0. The topological polar surface area (TPSA) is 69.3 Å². The standard InChI is InChI=1S/C29H31ClN4O2/c1-17(2)34-28-22(21-9-10-25(29(21)34)33-13-3-4-27(33)36)15-19(16-23(28)24-11-12-31-32-24)26(35)14-18-5-7-20(30)8-6-18/h5-8,11-12,15-17,21,25,29H,3-4,9-10,13-14H2,1-2H3,(H,31,32). The maximum absolute atomic E-state index is 13.5. The molecule has 0 spiro atoms. The van der Waals surface area contributed by atoms with E-state index in [1.54, 1.807) is 6.20 Å². The normalized spacial score (nSPS) is 23.0. The fraction of sp³-hybridized carbons (Fsp3) is 0.414.